The van der Waals surface area contributed by atoms with Gasteiger partial charge in [0, 0.05) is 14.2 Å². The van der Waals surface area contributed by atoms with Crippen LogP contribution < -0.4 is 0 Å². The molecule has 2 aliphatic heterocycles. The standard InChI is InChI=1S/C7H14N2O5.C5H10N2O5/c1-13-3-8-5(10)6(11)9(4-14-2)7(8)12;8-1-6-3(10)4(11)7(2-9)5(6)12/h5-6,10-11H,3-4H2,1-2H3;3-4,8-11H,1-2H2. The van der Waals surface area contributed by atoms with E-state index in [0.29, 0.717) is 9.80 Å². The van der Waals surface area contributed by atoms with Gasteiger partial charge in [-0.1, -0.05) is 0 Å². The number of carbonyl (C=O) groups is 2. The zero-order valence-electron chi connectivity index (χ0n) is 14.2. The van der Waals surface area contributed by atoms with Crippen LogP contribution in [0.15, 0.2) is 0 Å². The molecule has 4 amide bonds. The smallest absolute Gasteiger partial charge is 0.328 e. The maximum atomic E-state index is 11.5. The van der Waals surface area contributed by atoms with Gasteiger partial charge in [0.05, 0.1) is 0 Å². The fourth-order valence-corrected chi connectivity index (χ4v) is 2.26. The van der Waals surface area contributed by atoms with Crippen molar-refractivity contribution in [1.29, 1.82) is 0 Å². The summed E-state index contributed by atoms with van der Waals surface area (Å²) in [5.41, 5.74) is 0. The minimum absolute atomic E-state index is 0.0721. The van der Waals surface area contributed by atoms with Gasteiger partial charge in [-0.25, -0.2) is 9.59 Å². The lowest BCUT2D eigenvalue weighted by Gasteiger charge is -2.17. The number of nitrogens with zero attached hydrogens (tertiary/aromatic N) is 4. The molecule has 0 aromatic carbocycles. The van der Waals surface area contributed by atoms with Crippen molar-refractivity contribution in [3.63, 3.8) is 0 Å². The zero-order valence-corrected chi connectivity index (χ0v) is 14.2. The highest BCUT2D eigenvalue weighted by Crippen LogP contribution is 2.19. The lowest BCUT2D eigenvalue weighted by atomic mass is 10.5. The summed E-state index contributed by atoms with van der Waals surface area (Å²) in [5, 5.41) is 54.1. The molecule has 0 aliphatic carbocycles. The Morgan fingerprint density at radius 2 is 0.962 bits per heavy atom. The molecule has 2 fully saturated rings. The molecule has 0 saturated carbocycles. The number of aliphatic hydroxyl groups excluding tert-OH is 6. The Morgan fingerprint density at radius 3 is 1.19 bits per heavy atom. The van der Waals surface area contributed by atoms with Crippen LogP contribution in [0.25, 0.3) is 0 Å². The number of ether oxygens (including phenoxy) is 2. The van der Waals surface area contributed by atoms with E-state index in [1.54, 1.807) is 0 Å². The van der Waals surface area contributed by atoms with Gasteiger partial charge < -0.3 is 40.1 Å². The van der Waals surface area contributed by atoms with Gasteiger partial charge in [-0.15, -0.1) is 0 Å². The van der Waals surface area contributed by atoms with Crippen LogP contribution in [0, 0.1) is 0 Å². The van der Waals surface area contributed by atoms with Crippen LogP contribution in [-0.4, -0.2) is 128 Å². The molecule has 0 aromatic heterocycles. The summed E-state index contributed by atoms with van der Waals surface area (Å²) in [6.07, 6.45) is -5.54. The number of hydrogen-bond donors (Lipinski definition) is 6. The van der Waals surface area contributed by atoms with Crippen molar-refractivity contribution >= 4 is 12.1 Å². The van der Waals surface area contributed by atoms with Gasteiger partial charge in [-0.05, 0) is 0 Å². The Morgan fingerprint density at radius 1 is 0.692 bits per heavy atom. The zero-order chi connectivity index (χ0) is 20.0. The van der Waals surface area contributed by atoms with Gasteiger partial charge in [0.1, 0.15) is 26.9 Å². The predicted molar refractivity (Wildman–Crippen MR) is 80.1 cm³/mol. The van der Waals surface area contributed by atoms with Crippen LogP contribution in [0.3, 0.4) is 0 Å². The maximum Gasteiger partial charge on any atom is 0.328 e. The van der Waals surface area contributed by atoms with Crippen LogP contribution in [-0.2, 0) is 9.47 Å². The van der Waals surface area contributed by atoms with E-state index in [0.717, 1.165) is 9.80 Å². The second-order valence-electron chi connectivity index (χ2n) is 5.22. The molecule has 2 aliphatic rings. The van der Waals surface area contributed by atoms with Crippen molar-refractivity contribution in [3.05, 3.63) is 0 Å². The first-order valence-corrected chi connectivity index (χ1v) is 7.33. The molecule has 0 spiro atoms. The van der Waals surface area contributed by atoms with Gasteiger partial charge in [0.2, 0.25) is 0 Å². The lowest BCUT2D eigenvalue weighted by Crippen LogP contribution is -2.38. The second kappa shape index (κ2) is 9.79. The second-order valence-corrected chi connectivity index (χ2v) is 5.22. The quantitative estimate of drug-likeness (QED) is 0.262. The molecule has 6 N–H and O–H groups in total. The largest absolute Gasteiger partial charge is 0.376 e. The summed E-state index contributed by atoms with van der Waals surface area (Å²) < 4.78 is 9.42. The SMILES string of the molecule is COCN1C(=O)N(COC)C(O)C1O.O=C1N(CO)C(O)C(O)N1CO. The third-order valence-electron chi connectivity index (χ3n) is 3.63. The highest BCUT2D eigenvalue weighted by atomic mass is 16.5. The van der Waals surface area contributed by atoms with Crippen molar-refractivity contribution < 1.29 is 49.7 Å². The molecule has 0 bridgehead atoms. The van der Waals surface area contributed by atoms with E-state index in [1.807, 2.05) is 0 Å². The molecule has 4 unspecified atom stereocenters. The third-order valence-corrected chi connectivity index (χ3v) is 3.63. The fraction of sp³-hybridized carbons (Fsp3) is 0.833. The first-order chi connectivity index (χ1) is 12.3. The molecule has 2 saturated heterocycles. The summed E-state index contributed by atoms with van der Waals surface area (Å²) >= 11 is 0. The van der Waals surface area contributed by atoms with Crippen LogP contribution in [0.4, 0.5) is 9.59 Å². The van der Waals surface area contributed by atoms with E-state index in [9.17, 15) is 19.8 Å². The topological polar surface area (TPSA) is 187 Å². The Bertz CT molecular complexity index is 445. The molecule has 0 radical (unpaired) electrons. The van der Waals surface area contributed by atoms with Crippen molar-refractivity contribution in [2.24, 2.45) is 0 Å². The van der Waals surface area contributed by atoms with Gasteiger partial charge in [0.25, 0.3) is 0 Å². The summed E-state index contributed by atoms with van der Waals surface area (Å²) in [7, 11) is 2.79. The summed E-state index contributed by atoms with van der Waals surface area (Å²) in [6.45, 7) is -1.55. The number of rotatable bonds is 6. The molecule has 14 nitrogen and oxygen atoms in total. The minimum atomic E-state index is -1.49. The van der Waals surface area contributed by atoms with Gasteiger partial charge in [-0.2, -0.15) is 0 Å². The van der Waals surface area contributed by atoms with Crippen molar-refractivity contribution in [2.45, 2.75) is 24.9 Å². The summed E-state index contributed by atoms with van der Waals surface area (Å²) in [6, 6.07) is -1.33. The van der Waals surface area contributed by atoms with Crippen LogP contribution >= 0.6 is 0 Å². The van der Waals surface area contributed by atoms with Gasteiger partial charge in [-0.3, -0.25) is 19.6 Å². The Hall–Kier alpha value is -1.78. The average molecular weight is 384 g/mol. The molecule has 4 atom stereocenters. The number of urea groups is 2. The van der Waals surface area contributed by atoms with Gasteiger partial charge in [0.15, 0.2) is 24.9 Å². The van der Waals surface area contributed by atoms with Crippen LogP contribution in [0.1, 0.15) is 0 Å². The Labute approximate surface area is 148 Å². The Kier molecular flexibility index (Phi) is 8.38. The predicted octanol–water partition coefficient (Wildman–Crippen LogP) is -4.17. The van der Waals surface area contributed by atoms with Crippen molar-refractivity contribution in [1.82, 2.24) is 19.6 Å². The van der Waals surface area contributed by atoms with Crippen molar-refractivity contribution in [2.75, 3.05) is 41.1 Å². The summed E-state index contributed by atoms with van der Waals surface area (Å²) in [4.78, 5) is 25.7. The Balaban J connectivity index is 0.000000263. The number of amides is 4. The molecule has 152 valence electrons. The number of hydrogen-bond acceptors (Lipinski definition) is 10. The molecule has 2 rings (SSSR count). The normalized spacial score (nSPS) is 28.8. The summed E-state index contributed by atoms with van der Waals surface area (Å²) in [5.74, 6) is 0. The number of methoxy groups -OCH3 is 2. The third kappa shape index (κ3) is 4.30. The highest BCUT2D eigenvalue weighted by molar-refractivity contribution is 5.77. The fourth-order valence-electron chi connectivity index (χ4n) is 2.26. The van der Waals surface area contributed by atoms with Gasteiger partial charge >= 0.3 is 12.1 Å². The highest BCUT2D eigenvalue weighted by Gasteiger charge is 2.44. The van der Waals surface area contributed by atoms with Crippen LogP contribution in [0.5, 0.6) is 0 Å². The molecular weight excluding hydrogens is 360 g/mol. The maximum absolute atomic E-state index is 11.5. The minimum Gasteiger partial charge on any atom is -0.376 e. The number of aliphatic hydroxyl groups is 6. The first kappa shape index (κ1) is 22.3. The number of carbonyl (C=O) groups excluding carboxylic acids is 2. The lowest BCUT2D eigenvalue weighted by molar-refractivity contribution is -0.0994. The molecule has 0 aromatic rings. The monoisotopic (exact) mass is 384 g/mol. The molecule has 14 heteroatoms. The first-order valence-electron chi connectivity index (χ1n) is 7.33. The van der Waals surface area contributed by atoms with E-state index in [4.69, 9.17) is 29.9 Å². The van der Waals surface area contributed by atoms with E-state index < -0.39 is 50.4 Å². The molecular formula is C12H24N4O10. The van der Waals surface area contributed by atoms with Crippen LogP contribution in [0.2, 0.25) is 0 Å². The van der Waals surface area contributed by atoms with E-state index >= 15 is 0 Å². The average Bonchev–Trinajstić information content (AvgIpc) is 2.95. The molecule has 2 heterocycles. The van der Waals surface area contributed by atoms with E-state index in [2.05, 4.69) is 0 Å². The van der Waals surface area contributed by atoms with Crippen molar-refractivity contribution in [3.8, 4) is 0 Å². The molecule has 26 heavy (non-hydrogen) atoms. The van der Waals surface area contributed by atoms with E-state index in [-0.39, 0.29) is 13.5 Å². The van der Waals surface area contributed by atoms with E-state index in [1.165, 1.54) is 14.2 Å².